The van der Waals surface area contributed by atoms with Gasteiger partial charge in [0.05, 0.1) is 4.47 Å². The molecule has 0 aliphatic carbocycles. The van der Waals surface area contributed by atoms with E-state index in [0.717, 1.165) is 11.6 Å². The van der Waals surface area contributed by atoms with Gasteiger partial charge >= 0.3 is 12.1 Å². The molecule has 3 N–H and O–H groups in total. The van der Waals surface area contributed by atoms with Crippen LogP contribution in [0.25, 0.3) is 0 Å². The number of hydrogen-bond donors (Lipinski definition) is 3. The molecule has 0 spiro atoms. The predicted molar refractivity (Wildman–Crippen MR) is 120 cm³/mol. The maximum Gasteiger partial charge on any atom is 0.412 e. The van der Waals surface area contributed by atoms with E-state index in [1.165, 1.54) is 6.08 Å². The molecular formula is C21H21Br2NO6. The molecule has 160 valence electrons. The fourth-order valence-corrected chi connectivity index (χ4v) is 3.88. The van der Waals surface area contributed by atoms with Crippen molar-refractivity contribution in [3.63, 3.8) is 0 Å². The maximum absolute atomic E-state index is 12.6. The van der Waals surface area contributed by atoms with Gasteiger partial charge in [-0.15, -0.1) is 0 Å². The second-order valence-corrected chi connectivity index (χ2v) is 8.03. The van der Waals surface area contributed by atoms with Gasteiger partial charge in [-0.3, -0.25) is 5.32 Å². The lowest BCUT2D eigenvalue weighted by Crippen LogP contribution is -2.28. The van der Waals surface area contributed by atoms with Crippen LogP contribution in [0.1, 0.15) is 24.2 Å². The van der Waals surface area contributed by atoms with E-state index in [4.69, 9.17) is 14.6 Å². The summed E-state index contributed by atoms with van der Waals surface area (Å²) in [5, 5.41) is 22.2. The first kappa shape index (κ1) is 23.9. The lowest BCUT2D eigenvalue weighted by atomic mass is 10.0. The molecule has 9 heteroatoms. The Balaban J connectivity index is 2.40. The molecule has 2 aromatic rings. The zero-order chi connectivity index (χ0) is 22.3. The molecule has 0 unspecified atom stereocenters. The summed E-state index contributed by atoms with van der Waals surface area (Å²) >= 11 is 6.60. The van der Waals surface area contributed by atoms with E-state index in [1.807, 2.05) is 19.1 Å². The predicted octanol–water partition coefficient (Wildman–Crippen LogP) is 5.56. The normalized spacial score (nSPS) is 13.1. The number of aryl methyl sites for hydroxylation is 1. The third kappa shape index (κ3) is 6.86. The van der Waals surface area contributed by atoms with Crippen molar-refractivity contribution in [3.8, 4) is 5.75 Å². The zero-order valence-electron chi connectivity index (χ0n) is 16.3. The van der Waals surface area contributed by atoms with Gasteiger partial charge in [0.25, 0.3) is 0 Å². The highest BCUT2D eigenvalue weighted by Crippen LogP contribution is 2.39. The van der Waals surface area contributed by atoms with Gasteiger partial charge in [0.2, 0.25) is 0 Å². The fourth-order valence-electron chi connectivity index (χ4n) is 2.62. The maximum atomic E-state index is 12.6. The van der Waals surface area contributed by atoms with E-state index in [2.05, 4.69) is 37.2 Å². The van der Waals surface area contributed by atoms with Gasteiger partial charge in [0, 0.05) is 28.4 Å². The Hall–Kier alpha value is -2.36. The van der Waals surface area contributed by atoms with Crippen molar-refractivity contribution in [3.05, 3.63) is 68.6 Å². The Kier molecular flexibility index (Phi) is 8.88. The van der Waals surface area contributed by atoms with Gasteiger partial charge in [-0.1, -0.05) is 33.6 Å². The summed E-state index contributed by atoms with van der Waals surface area (Å²) < 4.78 is 12.2. The number of halogens is 2. The minimum atomic E-state index is -1.18. The monoisotopic (exact) mass is 541 g/mol. The van der Waals surface area contributed by atoms with Crippen LogP contribution in [0.3, 0.4) is 0 Å². The molecule has 0 aliphatic rings. The first-order chi connectivity index (χ1) is 14.2. The Morgan fingerprint density at radius 3 is 2.47 bits per heavy atom. The number of rotatable bonds is 8. The molecule has 0 aromatic heterocycles. The second-order valence-electron chi connectivity index (χ2n) is 6.26. The highest BCUT2D eigenvalue weighted by atomic mass is 79.9. The number of benzene rings is 2. The van der Waals surface area contributed by atoms with Crippen LogP contribution in [0.15, 0.2) is 57.5 Å². The number of aromatic hydroxyl groups is 1. The summed E-state index contributed by atoms with van der Waals surface area (Å²) in [7, 11) is 0. The number of amides is 1. The van der Waals surface area contributed by atoms with E-state index in [1.54, 1.807) is 31.2 Å². The average Bonchev–Trinajstić information content (AvgIpc) is 2.68. The molecule has 7 nitrogen and oxygen atoms in total. The fraction of sp³-hybridized carbons (Fsp3) is 0.238. The van der Waals surface area contributed by atoms with Gasteiger partial charge in [0.1, 0.15) is 11.9 Å². The summed E-state index contributed by atoms with van der Waals surface area (Å²) in [5.74, 6) is -1.33. The van der Waals surface area contributed by atoms with Crippen LogP contribution >= 0.6 is 31.9 Å². The van der Waals surface area contributed by atoms with Crippen molar-refractivity contribution in [1.29, 1.82) is 0 Å². The van der Waals surface area contributed by atoms with Crippen LogP contribution in [-0.4, -0.2) is 35.0 Å². The molecule has 0 saturated heterocycles. The Morgan fingerprint density at radius 2 is 1.87 bits per heavy atom. The number of ether oxygens (including phenoxy) is 2. The summed E-state index contributed by atoms with van der Waals surface area (Å²) in [4.78, 5) is 23.6. The van der Waals surface area contributed by atoms with Crippen LogP contribution in [-0.2, 0) is 14.3 Å². The van der Waals surface area contributed by atoms with Crippen LogP contribution in [0.4, 0.5) is 10.5 Å². The number of carboxylic acids is 1. The third-order valence-corrected chi connectivity index (χ3v) is 5.04. The molecule has 2 atom stereocenters. The molecule has 0 bridgehead atoms. The molecule has 0 heterocycles. The van der Waals surface area contributed by atoms with Crippen molar-refractivity contribution >= 4 is 49.6 Å². The molecule has 2 rings (SSSR count). The van der Waals surface area contributed by atoms with Gasteiger partial charge in [0.15, 0.2) is 6.10 Å². The highest BCUT2D eigenvalue weighted by molar-refractivity contribution is 9.11. The molecule has 0 radical (unpaired) electrons. The molecule has 0 saturated carbocycles. The molecule has 0 aliphatic heterocycles. The summed E-state index contributed by atoms with van der Waals surface area (Å²) in [6, 6.07) is 10.3. The summed E-state index contributed by atoms with van der Waals surface area (Å²) in [6.07, 6.45) is -0.697. The molecular weight excluding hydrogens is 522 g/mol. The van der Waals surface area contributed by atoms with Gasteiger partial charge in [-0.2, -0.15) is 0 Å². The van der Waals surface area contributed by atoms with Crippen LogP contribution in [0, 0.1) is 6.92 Å². The lowest BCUT2D eigenvalue weighted by molar-refractivity contribution is -0.131. The molecule has 30 heavy (non-hydrogen) atoms. The molecule has 1 amide bonds. The summed E-state index contributed by atoms with van der Waals surface area (Å²) in [6.45, 7) is 3.87. The third-order valence-electron chi connectivity index (χ3n) is 3.98. The topological polar surface area (TPSA) is 105 Å². The number of carbonyl (C=O) groups is 2. The smallest absolute Gasteiger partial charge is 0.412 e. The minimum absolute atomic E-state index is 0.153. The number of phenols is 1. The number of phenolic OH excluding ortho intramolecular Hbond substituents is 1. The van der Waals surface area contributed by atoms with Crippen LogP contribution in [0.5, 0.6) is 5.75 Å². The van der Waals surface area contributed by atoms with Crippen molar-refractivity contribution in [2.45, 2.75) is 26.1 Å². The van der Waals surface area contributed by atoms with Gasteiger partial charge < -0.3 is 19.7 Å². The van der Waals surface area contributed by atoms with E-state index >= 15 is 0 Å². The number of aliphatic carboxylic acids is 1. The quantitative estimate of drug-likeness (QED) is 0.377. The van der Waals surface area contributed by atoms with Crippen molar-refractivity contribution in [1.82, 2.24) is 0 Å². The summed E-state index contributed by atoms with van der Waals surface area (Å²) in [5.41, 5.74) is 1.80. The zero-order valence-corrected chi connectivity index (χ0v) is 19.4. The lowest BCUT2D eigenvalue weighted by Gasteiger charge is -2.26. The van der Waals surface area contributed by atoms with Crippen molar-refractivity contribution in [2.75, 3.05) is 11.9 Å². The first-order valence-electron chi connectivity index (χ1n) is 8.96. The van der Waals surface area contributed by atoms with Crippen LogP contribution in [0.2, 0.25) is 0 Å². The molecule has 2 aromatic carbocycles. The van der Waals surface area contributed by atoms with E-state index < -0.39 is 24.3 Å². The number of hydrogen-bond acceptors (Lipinski definition) is 5. The average molecular weight is 543 g/mol. The Labute approximate surface area is 191 Å². The van der Waals surface area contributed by atoms with Crippen molar-refractivity contribution in [2.24, 2.45) is 0 Å². The van der Waals surface area contributed by atoms with E-state index in [9.17, 15) is 14.7 Å². The minimum Gasteiger partial charge on any atom is -0.506 e. The highest BCUT2D eigenvalue weighted by Gasteiger charge is 2.30. The first-order valence-corrected chi connectivity index (χ1v) is 10.5. The number of carbonyl (C=O) groups excluding carboxylic acids is 1. The van der Waals surface area contributed by atoms with Gasteiger partial charge in [-0.25, -0.2) is 9.59 Å². The number of nitrogens with one attached hydrogen (secondary N) is 1. The second kappa shape index (κ2) is 11.1. The SMILES string of the molecule is CCO[C@H](/C=C/C(=O)O)[C@H](OC(=O)Nc1ccc(C)cc1)c1cc(Br)cc(Br)c1O. The number of carboxylic acid groups (broad SMARTS) is 1. The standard InChI is InChI=1S/C21H21Br2NO6/c1-3-29-17(8-9-18(25)26)20(15-10-13(22)11-16(23)19(15)27)30-21(28)24-14-6-4-12(2)5-7-14/h4-11,17,20,27H,3H2,1-2H3,(H,24,28)(H,25,26)/b9-8+/t17-,20-/m1/s1. The van der Waals surface area contributed by atoms with E-state index in [-0.39, 0.29) is 17.9 Å². The van der Waals surface area contributed by atoms with E-state index in [0.29, 0.717) is 14.6 Å². The Morgan fingerprint density at radius 1 is 1.20 bits per heavy atom. The van der Waals surface area contributed by atoms with Crippen molar-refractivity contribution < 1.29 is 29.3 Å². The Bertz CT molecular complexity index is 930. The van der Waals surface area contributed by atoms with Gasteiger partial charge in [-0.05, 0) is 60.1 Å². The molecule has 0 fully saturated rings. The number of anilines is 1. The van der Waals surface area contributed by atoms with Crippen LogP contribution < -0.4 is 5.32 Å². The largest absolute Gasteiger partial charge is 0.506 e.